The van der Waals surface area contributed by atoms with Crippen LogP contribution in [0.3, 0.4) is 0 Å². The smallest absolute Gasteiger partial charge is 0.256 e. The highest BCUT2D eigenvalue weighted by atomic mass is 16.5. The van der Waals surface area contributed by atoms with Gasteiger partial charge in [-0.05, 0) is 76.8 Å². The Bertz CT molecular complexity index is 638. The van der Waals surface area contributed by atoms with Crippen LogP contribution in [0.1, 0.15) is 78.1 Å². The van der Waals surface area contributed by atoms with Gasteiger partial charge in [-0.2, -0.15) is 0 Å². The van der Waals surface area contributed by atoms with Gasteiger partial charge < -0.3 is 19.7 Å². The molecule has 1 aromatic rings. The minimum Gasteiger partial charge on any atom is -0.494 e. The molecule has 168 valence electrons. The van der Waals surface area contributed by atoms with E-state index in [-0.39, 0.29) is 5.91 Å². The molecule has 5 heteroatoms. The maximum absolute atomic E-state index is 13.0. The van der Waals surface area contributed by atoms with Gasteiger partial charge in [0.15, 0.2) is 0 Å². The molecule has 2 aliphatic rings. The minimum absolute atomic E-state index is 0.00410. The van der Waals surface area contributed by atoms with Crippen LogP contribution < -0.4 is 10.1 Å². The molecule has 1 aliphatic carbocycles. The van der Waals surface area contributed by atoms with Crippen molar-refractivity contribution in [3.63, 3.8) is 0 Å². The Balaban J connectivity index is 1.45. The molecule has 1 heterocycles. The third kappa shape index (κ3) is 6.45. The first-order chi connectivity index (χ1) is 14.6. The van der Waals surface area contributed by atoms with Crippen LogP contribution in [0.5, 0.6) is 5.75 Å². The predicted molar refractivity (Wildman–Crippen MR) is 122 cm³/mol. The van der Waals surface area contributed by atoms with Crippen molar-refractivity contribution in [2.75, 3.05) is 31.6 Å². The molecular formula is C25H40N2O3. The second kappa shape index (κ2) is 11.7. The maximum atomic E-state index is 13.0. The number of anilines is 1. The van der Waals surface area contributed by atoms with Gasteiger partial charge in [-0.3, -0.25) is 4.79 Å². The summed E-state index contributed by atoms with van der Waals surface area (Å²) < 4.78 is 11.9. The molecule has 3 rings (SSSR count). The molecule has 1 atom stereocenters. The molecule has 2 fully saturated rings. The van der Waals surface area contributed by atoms with E-state index >= 15 is 0 Å². The Morgan fingerprint density at radius 3 is 2.50 bits per heavy atom. The second-order valence-electron chi connectivity index (χ2n) is 8.90. The number of carbonyl (C=O) groups excluding carboxylic acids is 1. The third-order valence-electron chi connectivity index (χ3n) is 6.66. The van der Waals surface area contributed by atoms with E-state index in [1.165, 1.54) is 38.6 Å². The number of hydrogen-bond donors (Lipinski definition) is 1. The number of nitrogens with zero attached hydrogens (tertiary/aromatic N) is 1. The van der Waals surface area contributed by atoms with E-state index in [9.17, 15) is 4.79 Å². The molecule has 0 radical (unpaired) electrons. The van der Waals surface area contributed by atoms with Crippen molar-refractivity contribution in [3.8, 4) is 5.75 Å². The molecule has 0 spiro atoms. The minimum atomic E-state index is -0.675. The van der Waals surface area contributed by atoms with E-state index in [0.29, 0.717) is 12.6 Å². The first-order valence-corrected chi connectivity index (χ1v) is 12.1. The summed E-state index contributed by atoms with van der Waals surface area (Å²) in [6.45, 7) is 7.92. The van der Waals surface area contributed by atoms with Crippen LogP contribution in [0, 0.1) is 0 Å². The molecule has 1 aromatic carbocycles. The first kappa shape index (κ1) is 23.1. The number of piperidine rings is 1. The zero-order chi connectivity index (χ0) is 21.2. The van der Waals surface area contributed by atoms with E-state index in [2.05, 4.69) is 17.1 Å². The second-order valence-corrected chi connectivity index (χ2v) is 8.90. The molecule has 0 bridgehead atoms. The molecular weight excluding hydrogens is 376 g/mol. The lowest BCUT2D eigenvalue weighted by atomic mass is 9.93. The highest BCUT2D eigenvalue weighted by Gasteiger charge is 2.39. The van der Waals surface area contributed by atoms with Crippen molar-refractivity contribution in [2.45, 2.75) is 89.7 Å². The molecule has 30 heavy (non-hydrogen) atoms. The summed E-state index contributed by atoms with van der Waals surface area (Å²) in [6.07, 6.45) is 11.1. The lowest BCUT2D eigenvalue weighted by Gasteiger charge is -2.33. The van der Waals surface area contributed by atoms with Crippen molar-refractivity contribution in [3.05, 3.63) is 24.3 Å². The normalized spacial score (nSPS) is 22.3. The molecule has 0 unspecified atom stereocenters. The van der Waals surface area contributed by atoms with Crippen LogP contribution in [0.25, 0.3) is 0 Å². The molecule has 1 N–H and O–H groups in total. The topological polar surface area (TPSA) is 50.8 Å². The van der Waals surface area contributed by atoms with Gasteiger partial charge in [0, 0.05) is 24.9 Å². The van der Waals surface area contributed by atoms with Gasteiger partial charge in [0.05, 0.1) is 6.61 Å². The van der Waals surface area contributed by atoms with Crippen LogP contribution >= 0.6 is 0 Å². The third-order valence-corrected chi connectivity index (χ3v) is 6.66. The number of likely N-dealkylation sites (tertiary alicyclic amines) is 1. The quantitative estimate of drug-likeness (QED) is 0.433. The van der Waals surface area contributed by atoms with E-state index in [4.69, 9.17) is 9.47 Å². The van der Waals surface area contributed by atoms with E-state index < -0.39 is 5.60 Å². The van der Waals surface area contributed by atoms with Gasteiger partial charge in [0.1, 0.15) is 11.4 Å². The van der Waals surface area contributed by atoms with Gasteiger partial charge in [-0.25, -0.2) is 0 Å². The van der Waals surface area contributed by atoms with Crippen molar-refractivity contribution in [1.82, 2.24) is 4.90 Å². The Morgan fingerprint density at radius 1 is 1.10 bits per heavy atom. The molecule has 1 amide bonds. The number of ether oxygens (including phenoxy) is 2. The highest BCUT2D eigenvalue weighted by molar-refractivity contribution is 5.97. The van der Waals surface area contributed by atoms with Crippen LogP contribution in [0.15, 0.2) is 24.3 Å². The molecule has 0 aromatic heterocycles. The van der Waals surface area contributed by atoms with Crippen LogP contribution in [0.4, 0.5) is 5.69 Å². The Morgan fingerprint density at radius 2 is 1.83 bits per heavy atom. The monoisotopic (exact) mass is 416 g/mol. The summed E-state index contributed by atoms with van der Waals surface area (Å²) in [6, 6.07) is 8.45. The summed E-state index contributed by atoms with van der Waals surface area (Å²) in [4.78, 5) is 15.6. The van der Waals surface area contributed by atoms with Gasteiger partial charge in [0.2, 0.25) is 0 Å². The molecule has 1 aliphatic heterocycles. The van der Waals surface area contributed by atoms with Gasteiger partial charge in [0.25, 0.3) is 5.91 Å². The number of amides is 1. The SMILES string of the molecule is CCOC1(C(=O)Nc2ccc(OCCCN3CCCC[C@@H]3C)cc2)CCCCCC1. The maximum Gasteiger partial charge on any atom is 0.256 e. The van der Waals surface area contributed by atoms with Crippen LogP contribution in [-0.4, -0.2) is 48.8 Å². The zero-order valence-corrected chi connectivity index (χ0v) is 19.0. The van der Waals surface area contributed by atoms with Gasteiger partial charge >= 0.3 is 0 Å². The number of carbonyl (C=O) groups is 1. The standard InChI is InChI=1S/C25H40N2O3/c1-3-30-25(16-7-4-5-8-17-25)24(28)26-22-12-14-23(15-13-22)29-20-10-19-27-18-9-6-11-21(27)2/h12-15,21H,3-11,16-20H2,1-2H3,(H,26,28)/t21-/m0/s1. The largest absolute Gasteiger partial charge is 0.494 e. The fourth-order valence-electron chi connectivity index (χ4n) is 4.84. The average Bonchev–Trinajstić information content (AvgIpc) is 3.00. The highest BCUT2D eigenvalue weighted by Crippen LogP contribution is 2.32. The van der Waals surface area contributed by atoms with E-state index in [0.717, 1.165) is 56.7 Å². The van der Waals surface area contributed by atoms with Crippen LogP contribution in [-0.2, 0) is 9.53 Å². The summed E-state index contributed by atoms with van der Waals surface area (Å²) >= 11 is 0. The van der Waals surface area contributed by atoms with Gasteiger partial charge in [-0.15, -0.1) is 0 Å². The Kier molecular flexibility index (Phi) is 9.01. The lowest BCUT2D eigenvalue weighted by molar-refractivity contribution is -0.143. The first-order valence-electron chi connectivity index (χ1n) is 12.1. The zero-order valence-electron chi connectivity index (χ0n) is 19.0. The molecule has 1 saturated carbocycles. The fraction of sp³-hybridized carbons (Fsp3) is 0.720. The summed E-state index contributed by atoms with van der Waals surface area (Å²) in [7, 11) is 0. The van der Waals surface area contributed by atoms with Gasteiger partial charge in [-0.1, -0.05) is 32.1 Å². The van der Waals surface area contributed by atoms with Crippen molar-refractivity contribution < 1.29 is 14.3 Å². The average molecular weight is 417 g/mol. The van der Waals surface area contributed by atoms with Crippen LogP contribution in [0.2, 0.25) is 0 Å². The van der Waals surface area contributed by atoms with E-state index in [1.54, 1.807) is 0 Å². The summed E-state index contributed by atoms with van der Waals surface area (Å²) in [5.41, 5.74) is 0.129. The number of nitrogens with one attached hydrogen (secondary N) is 1. The fourth-order valence-corrected chi connectivity index (χ4v) is 4.84. The number of benzene rings is 1. The lowest BCUT2D eigenvalue weighted by Crippen LogP contribution is -2.45. The van der Waals surface area contributed by atoms with Crippen molar-refractivity contribution in [1.29, 1.82) is 0 Å². The molecule has 1 saturated heterocycles. The Hall–Kier alpha value is -1.59. The van der Waals surface area contributed by atoms with Crippen molar-refractivity contribution >= 4 is 11.6 Å². The number of rotatable bonds is 9. The summed E-state index contributed by atoms with van der Waals surface area (Å²) in [5.74, 6) is 0.851. The van der Waals surface area contributed by atoms with Crippen molar-refractivity contribution in [2.24, 2.45) is 0 Å². The van der Waals surface area contributed by atoms with E-state index in [1.807, 2.05) is 31.2 Å². The Labute approximate surface area is 182 Å². The number of hydrogen-bond acceptors (Lipinski definition) is 4. The molecule has 5 nitrogen and oxygen atoms in total. The summed E-state index contributed by atoms with van der Waals surface area (Å²) in [5, 5.41) is 3.08. The predicted octanol–water partition coefficient (Wildman–Crippen LogP) is 5.40.